The van der Waals surface area contributed by atoms with E-state index in [0.717, 1.165) is 35.9 Å². The van der Waals surface area contributed by atoms with E-state index in [0.29, 0.717) is 0 Å². The van der Waals surface area contributed by atoms with Crippen LogP contribution < -0.4 is 5.32 Å². The molecule has 2 heterocycles. The van der Waals surface area contributed by atoms with E-state index in [2.05, 4.69) is 46.0 Å². The fraction of sp³-hybridized carbons (Fsp3) is 0.600. The van der Waals surface area contributed by atoms with E-state index in [-0.39, 0.29) is 5.41 Å². The summed E-state index contributed by atoms with van der Waals surface area (Å²) in [4.78, 5) is 11.9. The summed E-state index contributed by atoms with van der Waals surface area (Å²) in [5.41, 5.74) is 0.210. The van der Waals surface area contributed by atoms with Crippen LogP contribution in [0.4, 0.5) is 5.82 Å². The second kappa shape index (κ2) is 5.45. The van der Waals surface area contributed by atoms with Crippen molar-refractivity contribution in [1.82, 2.24) is 9.97 Å². The Kier molecular flexibility index (Phi) is 4.09. The predicted molar refractivity (Wildman–Crippen MR) is 84.1 cm³/mol. The third kappa shape index (κ3) is 3.44. The van der Waals surface area contributed by atoms with Gasteiger partial charge in [-0.05, 0) is 24.8 Å². The van der Waals surface area contributed by atoms with Gasteiger partial charge in [0.2, 0.25) is 0 Å². The number of hydrogen-bond acceptors (Lipinski definition) is 4. The number of thiophene rings is 1. The Morgan fingerprint density at radius 2 is 1.95 bits per heavy atom. The zero-order valence-electron chi connectivity index (χ0n) is 12.5. The first kappa shape index (κ1) is 14.3. The van der Waals surface area contributed by atoms with Gasteiger partial charge in [0.25, 0.3) is 0 Å². The fourth-order valence-corrected chi connectivity index (χ4v) is 3.03. The Balaban J connectivity index is 2.49. The van der Waals surface area contributed by atoms with Gasteiger partial charge in [0, 0.05) is 17.8 Å². The van der Waals surface area contributed by atoms with Crippen LogP contribution in [0.25, 0.3) is 10.2 Å². The summed E-state index contributed by atoms with van der Waals surface area (Å²) in [6, 6.07) is 2.22. The highest BCUT2D eigenvalue weighted by Gasteiger charge is 2.16. The molecule has 0 aliphatic rings. The molecule has 0 aliphatic heterocycles. The minimum Gasteiger partial charge on any atom is -0.370 e. The number of rotatable bonds is 4. The van der Waals surface area contributed by atoms with Crippen LogP contribution in [0, 0.1) is 5.41 Å². The van der Waals surface area contributed by atoms with Crippen molar-refractivity contribution in [1.29, 1.82) is 0 Å². The van der Waals surface area contributed by atoms with Crippen molar-refractivity contribution in [2.75, 3.05) is 11.9 Å². The fourth-order valence-electron chi connectivity index (χ4n) is 2.05. The van der Waals surface area contributed by atoms with Crippen LogP contribution in [0.2, 0.25) is 0 Å². The molecule has 4 heteroatoms. The first-order valence-electron chi connectivity index (χ1n) is 6.96. The lowest BCUT2D eigenvalue weighted by molar-refractivity contribution is 0.401. The zero-order valence-corrected chi connectivity index (χ0v) is 13.3. The molecular formula is C15H23N3S. The van der Waals surface area contributed by atoms with E-state index >= 15 is 0 Å². The third-order valence-electron chi connectivity index (χ3n) is 2.87. The molecule has 0 bridgehead atoms. The van der Waals surface area contributed by atoms with Crippen LogP contribution in [0.15, 0.2) is 6.07 Å². The maximum Gasteiger partial charge on any atom is 0.138 e. The quantitative estimate of drug-likeness (QED) is 0.906. The van der Waals surface area contributed by atoms with Crippen molar-refractivity contribution in [2.24, 2.45) is 5.41 Å². The molecule has 0 radical (unpaired) electrons. The lowest BCUT2D eigenvalue weighted by atomic mass is 9.92. The van der Waals surface area contributed by atoms with Crippen LogP contribution in [-0.2, 0) is 12.8 Å². The normalized spacial score (nSPS) is 12.1. The van der Waals surface area contributed by atoms with Gasteiger partial charge in [-0.15, -0.1) is 11.3 Å². The Bertz CT molecular complexity index is 567. The third-order valence-corrected chi connectivity index (χ3v) is 4.04. The van der Waals surface area contributed by atoms with Gasteiger partial charge in [-0.2, -0.15) is 0 Å². The molecule has 1 N–H and O–H groups in total. The molecule has 0 aromatic carbocycles. The molecule has 0 saturated heterocycles. The molecule has 2 aromatic heterocycles. The average molecular weight is 277 g/mol. The van der Waals surface area contributed by atoms with E-state index in [1.165, 1.54) is 10.3 Å². The average Bonchev–Trinajstić information content (AvgIpc) is 2.70. The maximum atomic E-state index is 4.74. The molecule has 0 unspecified atom stereocenters. The molecular weight excluding hydrogens is 254 g/mol. The molecule has 19 heavy (non-hydrogen) atoms. The molecule has 0 aliphatic carbocycles. The number of anilines is 1. The van der Waals surface area contributed by atoms with Crippen molar-refractivity contribution < 1.29 is 0 Å². The van der Waals surface area contributed by atoms with Crippen LogP contribution in [-0.4, -0.2) is 16.5 Å². The van der Waals surface area contributed by atoms with Crippen molar-refractivity contribution in [2.45, 2.75) is 47.5 Å². The number of nitrogens with zero attached hydrogens (tertiary/aromatic N) is 2. The van der Waals surface area contributed by atoms with E-state index < -0.39 is 0 Å². The predicted octanol–water partition coefficient (Wildman–Crippen LogP) is 4.27. The molecule has 0 saturated carbocycles. The zero-order chi connectivity index (χ0) is 14.0. The lowest BCUT2D eigenvalue weighted by Gasteiger charge is -2.17. The molecule has 0 fully saturated rings. The van der Waals surface area contributed by atoms with Gasteiger partial charge in [0.05, 0.1) is 5.39 Å². The Morgan fingerprint density at radius 3 is 2.53 bits per heavy atom. The Morgan fingerprint density at radius 1 is 1.21 bits per heavy atom. The first-order chi connectivity index (χ1) is 8.93. The lowest BCUT2D eigenvalue weighted by Crippen LogP contribution is -2.13. The van der Waals surface area contributed by atoms with Crippen molar-refractivity contribution in [3.8, 4) is 0 Å². The Hall–Kier alpha value is -1.16. The Labute approximate surface area is 119 Å². The van der Waals surface area contributed by atoms with Gasteiger partial charge in [-0.1, -0.05) is 27.7 Å². The minimum absolute atomic E-state index is 0.210. The summed E-state index contributed by atoms with van der Waals surface area (Å²) in [5.74, 6) is 1.93. The molecule has 0 atom stereocenters. The maximum absolute atomic E-state index is 4.74. The highest BCUT2D eigenvalue weighted by atomic mass is 32.1. The van der Waals surface area contributed by atoms with Crippen molar-refractivity contribution in [3.63, 3.8) is 0 Å². The minimum atomic E-state index is 0.210. The summed E-state index contributed by atoms with van der Waals surface area (Å²) in [5, 5.41) is 4.54. The van der Waals surface area contributed by atoms with E-state index in [1.807, 2.05) is 0 Å². The topological polar surface area (TPSA) is 37.8 Å². The summed E-state index contributed by atoms with van der Waals surface area (Å²) < 4.78 is 0. The van der Waals surface area contributed by atoms with E-state index in [1.54, 1.807) is 11.3 Å². The molecule has 0 amide bonds. The SMILES string of the molecule is CCNc1nc(CC(C)(C)C)nc2sc(CC)cc12. The van der Waals surface area contributed by atoms with Crippen LogP contribution >= 0.6 is 11.3 Å². The van der Waals surface area contributed by atoms with Crippen LogP contribution in [0.5, 0.6) is 0 Å². The van der Waals surface area contributed by atoms with Crippen LogP contribution in [0.3, 0.4) is 0 Å². The van der Waals surface area contributed by atoms with Gasteiger partial charge in [0.15, 0.2) is 0 Å². The number of hydrogen-bond donors (Lipinski definition) is 1. The standard InChI is InChI=1S/C15H23N3S/c1-6-10-8-11-13(16-7-2)17-12(9-15(3,4)5)18-14(11)19-10/h8H,6-7,9H2,1-5H3,(H,16,17,18). The summed E-state index contributed by atoms with van der Waals surface area (Å²) in [6.45, 7) is 11.8. The van der Waals surface area contributed by atoms with Crippen LogP contribution in [0.1, 0.15) is 45.3 Å². The second-order valence-electron chi connectivity index (χ2n) is 6.04. The second-order valence-corrected chi connectivity index (χ2v) is 7.16. The van der Waals surface area contributed by atoms with Crippen molar-refractivity contribution in [3.05, 3.63) is 16.8 Å². The monoisotopic (exact) mass is 277 g/mol. The molecule has 2 rings (SSSR count). The van der Waals surface area contributed by atoms with Gasteiger partial charge >= 0.3 is 0 Å². The van der Waals surface area contributed by atoms with Gasteiger partial charge < -0.3 is 5.32 Å². The number of aromatic nitrogens is 2. The number of aryl methyl sites for hydroxylation is 1. The molecule has 3 nitrogen and oxygen atoms in total. The first-order valence-corrected chi connectivity index (χ1v) is 7.77. The van der Waals surface area contributed by atoms with Gasteiger partial charge in [-0.25, -0.2) is 9.97 Å². The van der Waals surface area contributed by atoms with Gasteiger partial charge in [0.1, 0.15) is 16.5 Å². The largest absolute Gasteiger partial charge is 0.370 e. The smallest absolute Gasteiger partial charge is 0.138 e. The highest BCUT2D eigenvalue weighted by Crippen LogP contribution is 2.30. The van der Waals surface area contributed by atoms with Gasteiger partial charge in [-0.3, -0.25) is 0 Å². The molecule has 104 valence electrons. The summed E-state index contributed by atoms with van der Waals surface area (Å²) >= 11 is 1.79. The molecule has 0 spiro atoms. The van der Waals surface area contributed by atoms with E-state index in [9.17, 15) is 0 Å². The number of fused-ring (bicyclic) bond motifs is 1. The highest BCUT2D eigenvalue weighted by molar-refractivity contribution is 7.18. The molecule has 2 aromatic rings. The van der Waals surface area contributed by atoms with Crippen molar-refractivity contribution >= 4 is 27.4 Å². The van der Waals surface area contributed by atoms with E-state index in [4.69, 9.17) is 9.97 Å². The summed E-state index contributed by atoms with van der Waals surface area (Å²) in [7, 11) is 0. The summed E-state index contributed by atoms with van der Waals surface area (Å²) in [6.07, 6.45) is 1.96. The number of nitrogens with one attached hydrogen (secondary N) is 1.